The molecular formula is C19H17N3O. The van der Waals surface area contributed by atoms with Crippen molar-refractivity contribution in [3.05, 3.63) is 83.9 Å². The number of nitrogens with zero attached hydrogens (tertiary/aromatic N) is 3. The van der Waals surface area contributed by atoms with Crippen molar-refractivity contribution in [2.45, 2.75) is 6.92 Å². The van der Waals surface area contributed by atoms with Crippen LogP contribution < -0.4 is 4.74 Å². The van der Waals surface area contributed by atoms with Crippen molar-refractivity contribution in [1.29, 1.82) is 0 Å². The molecule has 0 saturated carbocycles. The van der Waals surface area contributed by atoms with Crippen LogP contribution in [-0.2, 0) is 0 Å². The molecule has 0 saturated heterocycles. The zero-order chi connectivity index (χ0) is 16.1. The van der Waals surface area contributed by atoms with Gasteiger partial charge in [-0.05, 0) is 24.6 Å². The van der Waals surface area contributed by atoms with Crippen molar-refractivity contribution in [3.8, 4) is 5.75 Å². The number of hydrogen-bond donors (Lipinski definition) is 0. The third-order valence-corrected chi connectivity index (χ3v) is 3.42. The molecular weight excluding hydrogens is 286 g/mol. The maximum absolute atomic E-state index is 5.43. The van der Waals surface area contributed by atoms with E-state index >= 15 is 0 Å². The minimum Gasteiger partial charge on any atom is -0.494 e. The summed E-state index contributed by atoms with van der Waals surface area (Å²) in [4.78, 5) is 13.4. The van der Waals surface area contributed by atoms with Gasteiger partial charge in [-0.15, -0.1) is 0 Å². The molecule has 1 heterocycles. The summed E-state index contributed by atoms with van der Waals surface area (Å²) in [6, 6.07) is 15.9. The molecule has 3 aromatic rings. The molecule has 0 aliphatic carbocycles. The summed E-state index contributed by atoms with van der Waals surface area (Å²) in [5, 5.41) is 0. The SMILES string of the molecule is COc1ccc(C)cc1N=C(c1ccccc1)c1cnccn1. The zero-order valence-corrected chi connectivity index (χ0v) is 13.1. The zero-order valence-electron chi connectivity index (χ0n) is 13.1. The standard InChI is InChI=1S/C19H17N3O/c1-14-8-9-18(23-2)16(12-14)22-19(15-6-4-3-5-7-15)17-13-20-10-11-21-17/h3-13H,1-2H3. The lowest BCUT2D eigenvalue weighted by molar-refractivity contribution is 0.416. The number of aliphatic imine (C=N–C) groups is 1. The van der Waals surface area contributed by atoms with Crippen LogP contribution in [-0.4, -0.2) is 22.8 Å². The Bertz CT molecular complexity index is 773. The molecule has 0 amide bonds. The topological polar surface area (TPSA) is 47.4 Å². The summed E-state index contributed by atoms with van der Waals surface area (Å²) < 4.78 is 5.43. The molecule has 0 spiro atoms. The van der Waals surface area contributed by atoms with E-state index in [0.29, 0.717) is 0 Å². The Labute approximate surface area is 135 Å². The van der Waals surface area contributed by atoms with Crippen LogP contribution in [0.4, 0.5) is 5.69 Å². The number of hydrogen-bond acceptors (Lipinski definition) is 4. The smallest absolute Gasteiger partial charge is 0.144 e. The molecule has 114 valence electrons. The van der Waals surface area contributed by atoms with E-state index in [-0.39, 0.29) is 0 Å². The first kappa shape index (κ1) is 14.9. The van der Waals surface area contributed by atoms with Gasteiger partial charge in [0.05, 0.1) is 19.0 Å². The molecule has 4 heteroatoms. The molecule has 0 fully saturated rings. The van der Waals surface area contributed by atoms with Crippen LogP contribution in [0.25, 0.3) is 0 Å². The number of aryl methyl sites for hydroxylation is 1. The van der Waals surface area contributed by atoms with Crippen LogP contribution in [0.3, 0.4) is 0 Å². The van der Waals surface area contributed by atoms with Crippen LogP contribution in [0.1, 0.15) is 16.8 Å². The van der Waals surface area contributed by atoms with E-state index in [1.165, 1.54) is 0 Å². The predicted octanol–water partition coefficient (Wildman–Crippen LogP) is 3.96. The summed E-state index contributed by atoms with van der Waals surface area (Å²) >= 11 is 0. The Kier molecular flexibility index (Phi) is 4.43. The highest BCUT2D eigenvalue weighted by molar-refractivity contribution is 6.12. The third-order valence-electron chi connectivity index (χ3n) is 3.42. The summed E-state index contributed by atoms with van der Waals surface area (Å²) in [6.45, 7) is 2.03. The van der Waals surface area contributed by atoms with Gasteiger partial charge in [-0.25, -0.2) is 4.99 Å². The summed E-state index contributed by atoms with van der Waals surface area (Å²) in [7, 11) is 1.65. The highest BCUT2D eigenvalue weighted by atomic mass is 16.5. The van der Waals surface area contributed by atoms with Crippen molar-refractivity contribution < 1.29 is 4.74 Å². The molecule has 0 aliphatic heterocycles. The second-order valence-corrected chi connectivity index (χ2v) is 5.09. The van der Waals surface area contributed by atoms with Crippen molar-refractivity contribution in [1.82, 2.24) is 9.97 Å². The molecule has 1 aromatic heterocycles. The van der Waals surface area contributed by atoms with E-state index in [1.807, 2.05) is 55.5 Å². The van der Waals surface area contributed by atoms with Crippen molar-refractivity contribution in [3.63, 3.8) is 0 Å². The van der Waals surface area contributed by atoms with Gasteiger partial charge in [-0.2, -0.15) is 0 Å². The first-order valence-electron chi connectivity index (χ1n) is 7.33. The van der Waals surface area contributed by atoms with Crippen molar-refractivity contribution in [2.24, 2.45) is 4.99 Å². The number of aromatic nitrogens is 2. The predicted molar refractivity (Wildman–Crippen MR) is 91.5 cm³/mol. The first-order valence-corrected chi connectivity index (χ1v) is 7.33. The Morgan fingerprint density at radius 2 is 1.87 bits per heavy atom. The van der Waals surface area contributed by atoms with E-state index in [4.69, 9.17) is 9.73 Å². The molecule has 0 radical (unpaired) electrons. The second-order valence-electron chi connectivity index (χ2n) is 5.09. The quantitative estimate of drug-likeness (QED) is 0.685. The Morgan fingerprint density at radius 3 is 2.57 bits per heavy atom. The maximum Gasteiger partial charge on any atom is 0.144 e. The number of ether oxygens (including phenoxy) is 1. The lowest BCUT2D eigenvalue weighted by Gasteiger charge is -2.09. The first-order chi connectivity index (χ1) is 11.3. The Hall–Kier alpha value is -3.01. The maximum atomic E-state index is 5.43. The van der Waals surface area contributed by atoms with Crippen LogP contribution in [0, 0.1) is 6.92 Å². The minimum atomic E-state index is 0.724. The third kappa shape index (κ3) is 3.43. The van der Waals surface area contributed by atoms with Gasteiger partial charge in [0.1, 0.15) is 17.1 Å². The largest absolute Gasteiger partial charge is 0.494 e. The average molecular weight is 303 g/mol. The fraction of sp³-hybridized carbons (Fsp3) is 0.105. The van der Waals surface area contributed by atoms with Crippen LogP contribution in [0.15, 0.2) is 72.1 Å². The van der Waals surface area contributed by atoms with E-state index in [0.717, 1.165) is 34.0 Å². The fourth-order valence-corrected chi connectivity index (χ4v) is 2.29. The van der Waals surface area contributed by atoms with Gasteiger partial charge in [-0.3, -0.25) is 9.97 Å². The van der Waals surface area contributed by atoms with E-state index in [2.05, 4.69) is 9.97 Å². The monoisotopic (exact) mass is 303 g/mol. The fourth-order valence-electron chi connectivity index (χ4n) is 2.29. The number of rotatable bonds is 4. The van der Waals surface area contributed by atoms with E-state index < -0.39 is 0 Å². The molecule has 0 N–H and O–H groups in total. The summed E-state index contributed by atoms with van der Waals surface area (Å²) in [6.07, 6.45) is 5.04. The number of methoxy groups -OCH3 is 1. The highest BCUT2D eigenvalue weighted by Crippen LogP contribution is 2.29. The molecule has 0 unspecified atom stereocenters. The van der Waals surface area contributed by atoms with Crippen LogP contribution in [0.2, 0.25) is 0 Å². The van der Waals surface area contributed by atoms with Gasteiger partial charge in [0.15, 0.2) is 0 Å². The molecule has 0 atom stereocenters. The summed E-state index contributed by atoms with van der Waals surface area (Å²) in [5.41, 5.74) is 4.37. The average Bonchev–Trinajstić information content (AvgIpc) is 2.61. The van der Waals surface area contributed by atoms with Crippen LogP contribution in [0.5, 0.6) is 5.75 Å². The normalized spacial score (nSPS) is 11.3. The van der Waals surface area contributed by atoms with Crippen LogP contribution >= 0.6 is 0 Å². The Balaban J connectivity index is 2.18. The Morgan fingerprint density at radius 1 is 1.04 bits per heavy atom. The summed E-state index contributed by atoms with van der Waals surface area (Å²) in [5.74, 6) is 0.730. The molecule has 0 bridgehead atoms. The molecule has 23 heavy (non-hydrogen) atoms. The molecule has 0 aliphatic rings. The lowest BCUT2D eigenvalue weighted by atomic mass is 10.1. The van der Waals surface area contributed by atoms with Gasteiger partial charge < -0.3 is 4.74 Å². The van der Waals surface area contributed by atoms with E-state index in [9.17, 15) is 0 Å². The molecule has 3 rings (SSSR count). The lowest BCUT2D eigenvalue weighted by Crippen LogP contribution is -2.06. The molecule has 2 aromatic carbocycles. The van der Waals surface area contributed by atoms with Crippen molar-refractivity contribution >= 4 is 11.4 Å². The van der Waals surface area contributed by atoms with Gasteiger partial charge in [0.2, 0.25) is 0 Å². The van der Waals surface area contributed by atoms with Gasteiger partial charge >= 0.3 is 0 Å². The van der Waals surface area contributed by atoms with Gasteiger partial charge in [-0.1, -0.05) is 36.4 Å². The van der Waals surface area contributed by atoms with Gasteiger partial charge in [0, 0.05) is 18.0 Å². The van der Waals surface area contributed by atoms with Crippen molar-refractivity contribution in [2.75, 3.05) is 7.11 Å². The number of benzene rings is 2. The second kappa shape index (κ2) is 6.83. The molecule has 4 nitrogen and oxygen atoms in total. The van der Waals surface area contributed by atoms with E-state index in [1.54, 1.807) is 25.7 Å². The highest BCUT2D eigenvalue weighted by Gasteiger charge is 2.11. The van der Waals surface area contributed by atoms with Gasteiger partial charge in [0.25, 0.3) is 0 Å². The minimum absolute atomic E-state index is 0.724.